The Morgan fingerprint density at radius 1 is 1.38 bits per heavy atom. The molecule has 1 aromatic carbocycles. The molecule has 1 unspecified atom stereocenters. The molecule has 0 saturated carbocycles. The minimum Gasteiger partial charge on any atom is -0.324 e. The second kappa shape index (κ2) is 6.84. The van der Waals surface area contributed by atoms with Crippen molar-refractivity contribution in [1.82, 2.24) is 14.9 Å². The summed E-state index contributed by atoms with van der Waals surface area (Å²) in [5.41, 5.74) is 0.916. The minimum atomic E-state index is -0.413. The third kappa shape index (κ3) is 3.40. The van der Waals surface area contributed by atoms with Crippen molar-refractivity contribution in [2.75, 3.05) is 19.4 Å². The van der Waals surface area contributed by atoms with Crippen molar-refractivity contribution in [2.45, 2.75) is 6.04 Å². The lowest BCUT2D eigenvalue weighted by molar-refractivity contribution is -0.120. The first kappa shape index (κ1) is 16.8. The van der Waals surface area contributed by atoms with E-state index in [9.17, 15) is 9.59 Å². The number of benzene rings is 1. The summed E-state index contributed by atoms with van der Waals surface area (Å²) in [6.45, 7) is 0. The summed E-state index contributed by atoms with van der Waals surface area (Å²) in [5.74, 6) is -0.158. The fourth-order valence-electron chi connectivity index (χ4n) is 2.45. The van der Waals surface area contributed by atoms with Crippen molar-refractivity contribution in [1.29, 1.82) is 0 Å². The first-order valence-corrected chi connectivity index (χ1v) is 8.81. The van der Waals surface area contributed by atoms with Crippen LogP contribution in [0.1, 0.15) is 10.9 Å². The van der Waals surface area contributed by atoms with Gasteiger partial charge in [0.15, 0.2) is 0 Å². The third-order valence-electron chi connectivity index (χ3n) is 3.53. The van der Waals surface area contributed by atoms with Crippen LogP contribution in [0.5, 0.6) is 0 Å². The van der Waals surface area contributed by atoms with Crippen molar-refractivity contribution >= 4 is 49.8 Å². The van der Waals surface area contributed by atoms with E-state index in [2.05, 4.69) is 31.2 Å². The van der Waals surface area contributed by atoms with Gasteiger partial charge < -0.3 is 10.3 Å². The van der Waals surface area contributed by atoms with Gasteiger partial charge in [-0.15, -0.1) is 11.3 Å². The maximum absolute atomic E-state index is 12.7. The normalized spacial score (nSPS) is 12.5. The van der Waals surface area contributed by atoms with Gasteiger partial charge in [-0.2, -0.15) is 0 Å². The molecule has 2 heterocycles. The summed E-state index contributed by atoms with van der Waals surface area (Å²) in [5, 5.41) is 5.27. The number of thiophene rings is 1. The Hall–Kier alpha value is -2.03. The largest absolute Gasteiger partial charge is 0.324 e. The predicted octanol–water partition coefficient (Wildman–Crippen LogP) is 2.99. The number of amides is 1. The average molecular weight is 407 g/mol. The molecule has 0 aliphatic rings. The monoisotopic (exact) mass is 406 g/mol. The number of hydrogen-bond acceptors (Lipinski definition) is 5. The summed E-state index contributed by atoms with van der Waals surface area (Å²) in [7, 11) is 3.71. The standard InChI is InChI=1S/C16H15BrN4O2S/c1-21(2)14(13-5-9(17)7-24-13)16(23)20-10-3-4-12-11(6-10)15(22)19-8-18-12/h3-8,14H,1-2H3,(H,20,23)(H,18,19,22). The Labute approximate surface area is 150 Å². The van der Waals surface area contributed by atoms with Crippen molar-refractivity contribution in [3.8, 4) is 0 Å². The van der Waals surface area contributed by atoms with Gasteiger partial charge in [0.1, 0.15) is 6.04 Å². The number of anilines is 1. The number of H-pyrrole nitrogens is 1. The number of aromatic amines is 1. The van der Waals surface area contributed by atoms with Crippen LogP contribution in [0.2, 0.25) is 0 Å². The molecule has 0 radical (unpaired) electrons. The number of aromatic nitrogens is 2. The van der Waals surface area contributed by atoms with Gasteiger partial charge in [0.25, 0.3) is 5.56 Å². The van der Waals surface area contributed by atoms with Crippen LogP contribution in [0.3, 0.4) is 0 Å². The molecule has 3 rings (SSSR count). The molecule has 0 spiro atoms. The highest BCUT2D eigenvalue weighted by molar-refractivity contribution is 9.10. The molecule has 124 valence electrons. The fourth-order valence-corrected chi connectivity index (χ4v) is 4.08. The summed E-state index contributed by atoms with van der Waals surface area (Å²) in [6, 6.07) is 6.61. The molecule has 3 aromatic rings. The van der Waals surface area contributed by atoms with Gasteiger partial charge in [-0.05, 0) is 54.3 Å². The Morgan fingerprint density at radius 2 is 2.17 bits per heavy atom. The summed E-state index contributed by atoms with van der Waals surface area (Å²) in [6.07, 6.45) is 1.36. The Kier molecular flexibility index (Phi) is 4.79. The zero-order valence-electron chi connectivity index (χ0n) is 13.0. The molecular weight excluding hydrogens is 392 g/mol. The number of rotatable bonds is 4. The predicted molar refractivity (Wildman–Crippen MR) is 99.4 cm³/mol. The maximum atomic E-state index is 12.7. The van der Waals surface area contributed by atoms with E-state index in [-0.39, 0.29) is 11.5 Å². The molecule has 24 heavy (non-hydrogen) atoms. The number of carbonyl (C=O) groups excluding carboxylic acids is 1. The molecule has 0 aliphatic carbocycles. The number of hydrogen-bond donors (Lipinski definition) is 2. The van der Waals surface area contributed by atoms with E-state index in [0.29, 0.717) is 16.6 Å². The smallest absolute Gasteiger partial charge is 0.258 e. The fraction of sp³-hybridized carbons (Fsp3) is 0.188. The summed E-state index contributed by atoms with van der Waals surface area (Å²) in [4.78, 5) is 34.0. The zero-order chi connectivity index (χ0) is 17.3. The second-order valence-electron chi connectivity index (χ2n) is 5.49. The molecular formula is C16H15BrN4O2S. The number of likely N-dealkylation sites (N-methyl/N-ethyl adjacent to an activating group) is 1. The number of halogens is 1. The van der Waals surface area contributed by atoms with Crippen LogP contribution in [0, 0.1) is 0 Å². The molecule has 0 saturated heterocycles. The van der Waals surface area contributed by atoms with Crippen molar-refractivity contribution in [3.63, 3.8) is 0 Å². The van der Waals surface area contributed by atoms with Gasteiger partial charge in [0.2, 0.25) is 5.91 Å². The van der Waals surface area contributed by atoms with Crippen LogP contribution >= 0.6 is 27.3 Å². The average Bonchev–Trinajstić information content (AvgIpc) is 2.94. The van der Waals surface area contributed by atoms with E-state index in [1.807, 2.05) is 30.4 Å². The van der Waals surface area contributed by atoms with Gasteiger partial charge in [-0.25, -0.2) is 4.98 Å². The molecule has 1 atom stereocenters. The SMILES string of the molecule is CN(C)C(C(=O)Nc1ccc2nc[nH]c(=O)c2c1)c1cc(Br)cs1. The topological polar surface area (TPSA) is 78.1 Å². The van der Waals surface area contributed by atoms with E-state index < -0.39 is 6.04 Å². The number of nitrogens with one attached hydrogen (secondary N) is 2. The van der Waals surface area contributed by atoms with Gasteiger partial charge in [0.05, 0.1) is 17.2 Å². The van der Waals surface area contributed by atoms with Crippen LogP contribution in [0.15, 0.2) is 45.2 Å². The number of carbonyl (C=O) groups is 1. The first-order valence-electron chi connectivity index (χ1n) is 7.14. The molecule has 2 N–H and O–H groups in total. The summed E-state index contributed by atoms with van der Waals surface area (Å²) >= 11 is 4.93. The van der Waals surface area contributed by atoms with E-state index >= 15 is 0 Å². The third-order valence-corrected chi connectivity index (χ3v) is 5.28. The van der Waals surface area contributed by atoms with Crippen molar-refractivity contribution < 1.29 is 4.79 Å². The van der Waals surface area contributed by atoms with Gasteiger partial charge in [-0.3, -0.25) is 14.5 Å². The quantitative estimate of drug-likeness (QED) is 0.697. The lowest BCUT2D eigenvalue weighted by Crippen LogP contribution is -2.31. The molecule has 0 aliphatic heterocycles. The first-order chi connectivity index (χ1) is 11.5. The molecule has 0 fully saturated rings. The minimum absolute atomic E-state index is 0.158. The molecule has 8 heteroatoms. The van der Waals surface area contributed by atoms with E-state index in [4.69, 9.17) is 0 Å². The van der Waals surface area contributed by atoms with Crippen LogP contribution < -0.4 is 10.9 Å². The van der Waals surface area contributed by atoms with Crippen molar-refractivity contribution in [2.24, 2.45) is 0 Å². The lowest BCUT2D eigenvalue weighted by atomic mass is 10.2. The highest BCUT2D eigenvalue weighted by atomic mass is 79.9. The highest BCUT2D eigenvalue weighted by Gasteiger charge is 2.24. The Morgan fingerprint density at radius 3 is 2.83 bits per heavy atom. The second-order valence-corrected chi connectivity index (χ2v) is 7.34. The number of fused-ring (bicyclic) bond motifs is 1. The van der Waals surface area contributed by atoms with Crippen LogP contribution in [0.4, 0.5) is 5.69 Å². The van der Waals surface area contributed by atoms with E-state index in [0.717, 1.165) is 9.35 Å². The van der Waals surface area contributed by atoms with E-state index in [1.165, 1.54) is 17.7 Å². The molecule has 1 amide bonds. The van der Waals surface area contributed by atoms with Crippen LogP contribution in [-0.2, 0) is 4.79 Å². The van der Waals surface area contributed by atoms with Crippen LogP contribution in [-0.4, -0.2) is 34.9 Å². The number of nitrogens with zero attached hydrogens (tertiary/aromatic N) is 2. The van der Waals surface area contributed by atoms with Gasteiger partial charge >= 0.3 is 0 Å². The van der Waals surface area contributed by atoms with Crippen molar-refractivity contribution in [3.05, 3.63) is 55.7 Å². The van der Waals surface area contributed by atoms with Gasteiger partial charge in [-0.1, -0.05) is 0 Å². The molecule has 2 aromatic heterocycles. The van der Waals surface area contributed by atoms with Crippen LogP contribution in [0.25, 0.3) is 10.9 Å². The maximum Gasteiger partial charge on any atom is 0.258 e. The lowest BCUT2D eigenvalue weighted by Gasteiger charge is -2.22. The van der Waals surface area contributed by atoms with Gasteiger partial charge in [0, 0.05) is 20.4 Å². The zero-order valence-corrected chi connectivity index (χ0v) is 15.4. The molecule has 6 nitrogen and oxygen atoms in total. The molecule has 0 bridgehead atoms. The van der Waals surface area contributed by atoms with E-state index in [1.54, 1.807) is 18.2 Å². The highest BCUT2D eigenvalue weighted by Crippen LogP contribution is 2.29. The Bertz CT molecular complexity index is 950. The Balaban J connectivity index is 1.90. The summed E-state index contributed by atoms with van der Waals surface area (Å²) < 4.78 is 0.950.